The van der Waals surface area contributed by atoms with Crippen LogP contribution in [0.5, 0.6) is 0 Å². The molecule has 0 saturated heterocycles. The molecule has 132 valence electrons. The van der Waals surface area contributed by atoms with Crippen LogP contribution in [0.3, 0.4) is 0 Å². The largest absolute Gasteiger partial charge is 0.469 e. The van der Waals surface area contributed by atoms with Gasteiger partial charge in [0.2, 0.25) is 0 Å². The van der Waals surface area contributed by atoms with Crippen molar-refractivity contribution in [2.45, 2.75) is 26.4 Å². The minimum absolute atomic E-state index is 0. The van der Waals surface area contributed by atoms with Crippen LogP contribution >= 0.6 is 35.3 Å². The quantitative estimate of drug-likeness (QED) is 0.253. The van der Waals surface area contributed by atoms with Crippen molar-refractivity contribution in [1.82, 2.24) is 10.6 Å². The lowest BCUT2D eigenvalue weighted by molar-refractivity contribution is -0.144. The molecule has 0 aliphatic heterocycles. The summed E-state index contributed by atoms with van der Waals surface area (Å²) in [4.78, 5) is 16.7. The van der Waals surface area contributed by atoms with E-state index in [-0.39, 0.29) is 42.4 Å². The summed E-state index contributed by atoms with van der Waals surface area (Å²) in [7, 11) is 1.37. The van der Waals surface area contributed by atoms with E-state index in [1.54, 1.807) is 13.8 Å². The Balaban J connectivity index is 0.00000484. The molecule has 0 amide bonds. The first-order valence-electron chi connectivity index (χ1n) is 7.27. The Labute approximate surface area is 158 Å². The van der Waals surface area contributed by atoms with E-state index in [1.807, 2.05) is 24.4 Å². The van der Waals surface area contributed by atoms with Gasteiger partial charge < -0.3 is 20.5 Å². The molecule has 0 aliphatic rings. The molecule has 0 aliphatic carbocycles. The summed E-state index contributed by atoms with van der Waals surface area (Å²) >= 11 is 1.50. The Morgan fingerprint density at radius 1 is 1.52 bits per heavy atom. The Hall–Kier alpha value is -0.870. The molecule has 1 heterocycles. The van der Waals surface area contributed by atoms with E-state index in [9.17, 15) is 9.90 Å². The molecule has 0 saturated carbocycles. The molecule has 1 aromatic rings. The van der Waals surface area contributed by atoms with Crippen molar-refractivity contribution in [1.29, 1.82) is 0 Å². The Morgan fingerprint density at radius 2 is 2.22 bits per heavy atom. The van der Waals surface area contributed by atoms with Crippen LogP contribution in [0.4, 0.5) is 0 Å². The van der Waals surface area contributed by atoms with Crippen LogP contribution in [0, 0.1) is 5.92 Å². The zero-order valence-corrected chi connectivity index (χ0v) is 17.1. The van der Waals surface area contributed by atoms with Crippen LogP contribution in [0.1, 0.15) is 25.6 Å². The predicted molar refractivity (Wildman–Crippen MR) is 104 cm³/mol. The number of rotatable bonds is 7. The first-order chi connectivity index (χ1) is 10.4. The zero-order chi connectivity index (χ0) is 16.6. The molecule has 8 heteroatoms. The smallest absolute Gasteiger partial charge is 0.310 e. The van der Waals surface area contributed by atoms with Crippen molar-refractivity contribution >= 4 is 47.2 Å². The number of esters is 1. The lowest BCUT2D eigenvalue weighted by Crippen LogP contribution is -2.41. The highest BCUT2D eigenvalue weighted by atomic mass is 127. The third-order valence-corrected chi connectivity index (χ3v) is 4.24. The van der Waals surface area contributed by atoms with Gasteiger partial charge in [-0.2, -0.15) is 0 Å². The van der Waals surface area contributed by atoms with E-state index in [2.05, 4.69) is 20.4 Å². The second kappa shape index (κ2) is 10.8. The monoisotopic (exact) mass is 455 g/mol. The number of hydrogen-bond donors (Lipinski definition) is 3. The number of thiophene rings is 1. The van der Waals surface area contributed by atoms with E-state index in [0.717, 1.165) is 4.88 Å². The highest BCUT2D eigenvalue weighted by Gasteiger charge is 2.24. The number of hydrogen-bond acceptors (Lipinski definition) is 5. The summed E-state index contributed by atoms with van der Waals surface area (Å²) in [5.74, 6) is 0.0238. The van der Waals surface area contributed by atoms with Gasteiger partial charge in [0.15, 0.2) is 5.96 Å². The molecular weight excluding hydrogens is 429 g/mol. The molecule has 0 radical (unpaired) electrons. The Bertz CT molecular complexity index is 492. The Morgan fingerprint density at radius 3 is 2.74 bits per heavy atom. The lowest BCUT2D eigenvalue weighted by atomic mass is 10.1. The van der Waals surface area contributed by atoms with Gasteiger partial charge >= 0.3 is 5.97 Å². The minimum atomic E-state index is -1.01. The summed E-state index contributed by atoms with van der Waals surface area (Å²) in [6.45, 7) is 6.82. The van der Waals surface area contributed by atoms with Gasteiger partial charge in [-0.05, 0) is 25.3 Å². The normalized spacial score (nSPS) is 15.1. The first-order valence-corrected chi connectivity index (χ1v) is 8.15. The van der Waals surface area contributed by atoms with E-state index < -0.39 is 5.60 Å². The van der Waals surface area contributed by atoms with Crippen molar-refractivity contribution in [2.75, 3.05) is 26.7 Å². The maximum Gasteiger partial charge on any atom is 0.310 e. The van der Waals surface area contributed by atoms with Crippen LogP contribution in [0.15, 0.2) is 22.5 Å². The summed E-state index contributed by atoms with van der Waals surface area (Å²) in [5.41, 5.74) is -1.01. The molecular formula is C15H26IN3O3S. The molecule has 0 bridgehead atoms. The molecule has 6 nitrogen and oxygen atoms in total. The number of halogens is 1. The third kappa shape index (κ3) is 7.49. The average Bonchev–Trinajstić information content (AvgIpc) is 3.04. The van der Waals surface area contributed by atoms with Gasteiger partial charge in [-0.3, -0.25) is 4.79 Å². The molecule has 2 unspecified atom stereocenters. The number of methoxy groups -OCH3 is 1. The number of nitrogens with zero attached hydrogens (tertiary/aromatic N) is 1. The number of guanidine groups is 1. The summed E-state index contributed by atoms with van der Waals surface area (Å²) < 4.78 is 4.69. The second-order valence-electron chi connectivity index (χ2n) is 5.25. The first kappa shape index (κ1) is 22.1. The number of carbonyl (C=O) groups is 1. The van der Waals surface area contributed by atoms with Crippen molar-refractivity contribution < 1.29 is 14.6 Å². The lowest BCUT2D eigenvalue weighted by Gasteiger charge is -2.21. The highest BCUT2D eigenvalue weighted by Crippen LogP contribution is 2.25. The average molecular weight is 455 g/mol. The molecule has 1 aromatic heterocycles. The van der Waals surface area contributed by atoms with Gasteiger partial charge in [0.05, 0.1) is 19.6 Å². The van der Waals surface area contributed by atoms with Crippen molar-refractivity contribution in [3.05, 3.63) is 22.4 Å². The fourth-order valence-corrected chi connectivity index (χ4v) is 2.55. The second-order valence-corrected chi connectivity index (χ2v) is 6.20. The van der Waals surface area contributed by atoms with E-state index >= 15 is 0 Å². The van der Waals surface area contributed by atoms with Gasteiger partial charge in [-0.1, -0.05) is 13.0 Å². The Kier molecular flexibility index (Phi) is 10.4. The fraction of sp³-hybridized carbons (Fsp3) is 0.600. The van der Waals surface area contributed by atoms with Gasteiger partial charge in [0.25, 0.3) is 0 Å². The van der Waals surface area contributed by atoms with E-state index in [1.165, 1.54) is 18.4 Å². The standard InChI is InChI=1S/C15H25N3O3S.HI/c1-5-16-14(17-9-11(2)13(19)21-4)18-10-15(3,20)12-7-6-8-22-12;/h6-8,11,20H,5,9-10H2,1-4H3,(H2,16,17,18);1H. The highest BCUT2D eigenvalue weighted by molar-refractivity contribution is 14.0. The molecule has 0 spiro atoms. The van der Waals surface area contributed by atoms with Crippen LogP contribution in [-0.2, 0) is 15.1 Å². The summed E-state index contributed by atoms with van der Waals surface area (Å²) in [6.07, 6.45) is 0. The van der Waals surface area contributed by atoms with Gasteiger partial charge in [0, 0.05) is 18.0 Å². The number of carbonyl (C=O) groups excluding carboxylic acids is 1. The predicted octanol–water partition coefficient (Wildman–Crippen LogP) is 1.94. The maximum atomic E-state index is 11.4. The third-order valence-electron chi connectivity index (χ3n) is 3.12. The molecule has 2 atom stereocenters. The topological polar surface area (TPSA) is 83.0 Å². The molecule has 3 N–H and O–H groups in total. The van der Waals surface area contributed by atoms with Crippen molar-refractivity contribution in [3.8, 4) is 0 Å². The SMILES string of the molecule is CCNC(=NCC(C)(O)c1cccs1)NCC(C)C(=O)OC.I. The number of aliphatic imine (C=N–C) groups is 1. The molecule has 0 fully saturated rings. The van der Waals surface area contributed by atoms with Crippen LogP contribution in [0.25, 0.3) is 0 Å². The summed E-state index contributed by atoms with van der Waals surface area (Å²) in [5, 5.41) is 18.6. The van der Waals surface area contributed by atoms with Crippen molar-refractivity contribution in [2.24, 2.45) is 10.9 Å². The molecule has 23 heavy (non-hydrogen) atoms. The number of aliphatic hydroxyl groups is 1. The summed E-state index contributed by atoms with van der Waals surface area (Å²) in [6, 6.07) is 3.79. The van der Waals surface area contributed by atoms with Crippen LogP contribution in [0.2, 0.25) is 0 Å². The number of nitrogens with one attached hydrogen (secondary N) is 2. The molecule has 1 rings (SSSR count). The zero-order valence-electron chi connectivity index (χ0n) is 14.0. The van der Waals surface area contributed by atoms with Gasteiger partial charge in [-0.15, -0.1) is 35.3 Å². The maximum absolute atomic E-state index is 11.4. The van der Waals surface area contributed by atoms with Crippen LogP contribution < -0.4 is 10.6 Å². The van der Waals surface area contributed by atoms with E-state index in [0.29, 0.717) is 19.0 Å². The molecule has 0 aromatic carbocycles. The number of ether oxygens (including phenoxy) is 1. The fourth-order valence-electron chi connectivity index (χ4n) is 1.77. The van der Waals surface area contributed by atoms with Crippen molar-refractivity contribution in [3.63, 3.8) is 0 Å². The van der Waals surface area contributed by atoms with Crippen LogP contribution in [-0.4, -0.2) is 43.8 Å². The minimum Gasteiger partial charge on any atom is -0.469 e. The van der Waals surface area contributed by atoms with E-state index in [4.69, 9.17) is 0 Å². The van der Waals surface area contributed by atoms with Gasteiger partial charge in [0.1, 0.15) is 5.60 Å². The van der Waals surface area contributed by atoms with Gasteiger partial charge in [-0.25, -0.2) is 4.99 Å².